The normalized spacial score (nSPS) is 10.7. The Bertz CT molecular complexity index is 714. The van der Waals surface area contributed by atoms with Crippen LogP contribution >= 0.6 is 0 Å². The molecule has 0 aliphatic rings. The summed E-state index contributed by atoms with van der Waals surface area (Å²) in [5.41, 5.74) is 8.10. The summed E-state index contributed by atoms with van der Waals surface area (Å²) in [5.74, 6) is 0.125. The molecule has 0 bridgehead atoms. The van der Waals surface area contributed by atoms with Gasteiger partial charge in [-0.25, -0.2) is 0 Å². The lowest BCUT2D eigenvalue weighted by molar-refractivity contribution is 0.478. The van der Waals surface area contributed by atoms with E-state index in [1.165, 1.54) is 10.8 Å². The Morgan fingerprint density at radius 1 is 0.833 bits per heavy atom. The van der Waals surface area contributed by atoms with Crippen molar-refractivity contribution in [2.75, 3.05) is 5.73 Å². The third kappa shape index (κ3) is 1.68. The predicted octanol–water partition coefficient (Wildman–Crippen LogP) is 3.79. The molecule has 2 nitrogen and oxygen atoms in total. The Morgan fingerprint density at radius 2 is 1.61 bits per heavy atom. The van der Waals surface area contributed by atoms with Crippen molar-refractivity contribution in [1.82, 2.24) is 0 Å². The van der Waals surface area contributed by atoms with Crippen molar-refractivity contribution in [3.63, 3.8) is 0 Å². The van der Waals surface area contributed by atoms with Crippen molar-refractivity contribution in [2.45, 2.75) is 0 Å². The smallest absolute Gasteiger partial charge is 0.139 e. The maximum absolute atomic E-state index is 9.71. The number of fused-ring (bicyclic) bond motifs is 1. The van der Waals surface area contributed by atoms with Crippen LogP contribution in [0.4, 0.5) is 5.69 Å². The molecule has 0 heterocycles. The van der Waals surface area contributed by atoms with Gasteiger partial charge in [-0.15, -0.1) is 0 Å². The van der Waals surface area contributed by atoms with Gasteiger partial charge < -0.3 is 10.8 Å². The van der Waals surface area contributed by atoms with Gasteiger partial charge in [0.25, 0.3) is 0 Å². The largest absolute Gasteiger partial charge is 0.506 e. The minimum absolute atomic E-state index is 0.125. The maximum atomic E-state index is 9.71. The fourth-order valence-corrected chi connectivity index (χ4v) is 2.19. The molecule has 3 N–H and O–H groups in total. The predicted molar refractivity (Wildman–Crippen MR) is 75.5 cm³/mol. The van der Waals surface area contributed by atoms with Crippen LogP contribution in [0.15, 0.2) is 60.7 Å². The molecular formula is C16H13NO. The summed E-state index contributed by atoms with van der Waals surface area (Å²) in [6.07, 6.45) is 0. The Morgan fingerprint density at radius 3 is 2.44 bits per heavy atom. The number of nitrogens with two attached hydrogens (primary N) is 1. The number of nitrogen functional groups attached to an aromatic ring is 1. The van der Waals surface area contributed by atoms with Crippen LogP contribution in [0.1, 0.15) is 0 Å². The standard InChI is InChI=1S/C16H13NO/c17-15-9-8-12(10-16(15)18)14-7-3-5-11-4-1-2-6-13(11)14/h1-10,18H,17H2. The fourth-order valence-electron chi connectivity index (χ4n) is 2.19. The average molecular weight is 235 g/mol. The number of hydrogen-bond donors (Lipinski definition) is 2. The highest BCUT2D eigenvalue weighted by Gasteiger charge is 2.05. The van der Waals surface area contributed by atoms with Crippen LogP contribution in [0.2, 0.25) is 0 Å². The zero-order chi connectivity index (χ0) is 12.5. The lowest BCUT2D eigenvalue weighted by Gasteiger charge is -2.08. The molecule has 3 aromatic rings. The number of benzene rings is 3. The van der Waals surface area contributed by atoms with Gasteiger partial charge in [-0.3, -0.25) is 0 Å². The Labute approximate surface area is 105 Å². The molecule has 0 atom stereocenters. The second-order valence-corrected chi connectivity index (χ2v) is 4.30. The second-order valence-electron chi connectivity index (χ2n) is 4.30. The van der Waals surface area contributed by atoms with E-state index in [1.807, 2.05) is 30.3 Å². The molecule has 0 aliphatic carbocycles. The number of rotatable bonds is 1. The molecular weight excluding hydrogens is 222 g/mol. The monoisotopic (exact) mass is 235 g/mol. The average Bonchev–Trinajstić information content (AvgIpc) is 2.41. The van der Waals surface area contributed by atoms with E-state index in [4.69, 9.17) is 5.73 Å². The molecule has 0 radical (unpaired) electrons. The highest BCUT2D eigenvalue weighted by atomic mass is 16.3. The van der Waals surface area contributed by atoms with Gasteiger partial charge in [0.15, 0.2) is 0 Å². The first-order valence-corrected chi connectivity index (χ1v) is 5.82. The van der Waals surface area contributed by atoms with Gasteiger partial charge in [-0.2, -0.15) is 0 Å². The summed E-state index contributed by atoms with van der Waals surface area (Å²) < 4.78 is 0. The van der Waals surface area contributed by atoms with Crippen LogP contribution in [0, 0.1) is 0 Å². The molecule has 0 saturated heterocycles. The van der Waals surface area contributed by atoms with Crippen LogP contribution in [0.25, 0.3) is 21.9 Å². The van der Waals surface area contributed by atoms with Crippen molar-refractivity contribution in [1.29, 1.82) is 0 Å². The zero-order valence-electron chi connectivity index (χ0n) is 9.80. The molecule has 0 spiro atoms. The minimum Gasteiger partial charge on any atom is -0.506 e. The molecule has 88 valence electrons. The molecule has 0 fully saturated rings. The first-order chi connectivity index (χ1) is 8.75. The van der Waals surface area contributed by atoms with E-state index in [-0.39, 0.29) is 5.75 Å². The van der Waals surface area contributed by atoms with Gasteiger partial charge in [0.2, 0.25) is 0 Å². The molecule has 18 heavy (non-hydrogen) atoms. The number of anilines is 1. The van der Waals surface area contributed by atoms with Gasteiger partial charge in [0.05, 0.1) is 5.69 Å². The first-order valence-electron chi connectivity index (χ1n) is 5.82. The molecule has 0 saturated carbocycles. The van der Waals surface area contributed by atoms with E-state index in [1.54, 1.807) is 12.1 Å². The molecule has 0 aliphatic heterocycles. The van der Waals surface area contributed by atoms with Gasteiger partial charge in [-0.05, 0) is 34.0 Å². The minimum atomic E-state index is 0.125. The Balaban J connectivity index is 2.28. The van der Waals surface area contributed by atoms with E-state index >= 15 is 0 Å². The molecule has 0 aromatic heterocycles. The summed E-state index contributed by atoms with van der Waals surface area (Å²) in [4.78, 5) is 0. The third-order valence-corrected chi connectivity index (χ3v) is 3.13. The van der Waals surface area contributed by atoms with Crippen LogP contribution < -0.4 is 5.73 Å². The topological polar surface area (TPSA) is 46.2 Å². The summed E-state index contributed by atoms with van der Waals surface area (Å²) in [6.45, 7) is 0. The lowest BCUT2D eigenvalue weighted by atomic mass is 9.98. The van der Waals surface area contributed by atoms with Gasteiger partial charge in [0, 0.05) is 0 Å². The van der Waals surface area contributed by atoms with Gasteiger partial charge >= 0.3 is 0 Å². The van der Waals surface area contributed by atoms with Crippen molar-refractivity contribution in [2.24, 2.45) is 0 Å². The van der Waals surface area contributed by atoms with Crippen molar-refractivity contribution in [3.8, 4) is 16.9 Å². The quantitative estimate of drug-likeness (QED) is 0.498. The number of aromatic hydroxyl groups is 1. The van der Waals surface area contributed by atoms with Crippen LogP contribution in [-0.4, -0.2) is 5.11 Å². The summed E-state index contributed by atoms with van der Waals surface area (Å²) in [6, 6.07) is 19.7. The first kappa shape index (κ1) is 10.7. The van der Waals surface area contributed by atoms with E-state index in [9.17, 15) is 5.11 Å². The second kappa shape index (κ2) is 4.08. The fraction of sp³-hybridized carbons (Fsp3) is 0. The highest BCUT2D eigenvalue weighted by molar-refractivity contribution is 5.97. The number of phenolic OH excluding ortho intramolecular Hbond substituents is 1. The van der Waals surface area contributed by atoms with Crippen molar-refractivity contribution >= 4 is 16.5 Å². The third-order valence-electron chi connectivity index (χ3n) is 3.13. The lowest BCUT2D eigenvalue weighted by Crippen LogP contribution is -1.86. The Kier molecular flexibility index (Phi) is 2.41. The SMILES string of the molecule is Nc1ccc(-c2cccc3ccccc23)cc1O. The van der Waals surface area contributed by atoms with Crippen LogP contribution in [0.5, 0.6) is 5.75 Å². The van der Waals surface area contributed by atoms with Crippen molar-refractivity contribution < 1.29 is 5.11 Å². The summed E-state index contributed by atoms with van der Waals surface area (Å²) >= 11 is 0. The van der Waals surface area contributed by atoms with E-state index in [2.05, 4.69) is 18.2 Å². The molecule has 2 heteroatoms. The van der Waals surface area contributed by atoms with Gasteiger partial charge in [-0.1, -0.05) is 48.5 Å². The van der Waals surface area contributed by atoms with Crippen LogP contribution in [-0.2, 0) is 0 Å². The highest BCUT2D eigenvalue weighted by Crippen LogP contribution is 2.32. The van der Waals surface area contributed by atoms with Crippen LogP contribution in [0.3, 0.4) is 0 Å². The molecule has 3 aromatic carbocycles. The number of hydrogen-bond acceptors (Lipinski definition) is 2. The summed E-state index contributed by atoms with van der Waals surface area (Å²) in [7, 11) is 0. The maximum Gasteiger partial charge on any atom is 0.139 e. The van der Waals surface area contributed by atoms with E-state index in [0.29, 0.717) is 5.69 Å². The van der Waals surface area contributed by atoms with E-state index in [0.717, 1.165) is 11.1 Å². The molecule has 3 rings (SSSR count). The Hall–Kier alpha value is -2.48. The number of phenols is 1. The summed E-state index contributed by atoms with van der Waals surface area (Å²) in [5, 5.41) is 12.1. The molecule has 0 unspecified atom stereocenters. The van der Waals surface area contributed by atoms with E-state index < -0.39 is 0 Å². The zero-order valence-corrected chi connectivity index (χ0v) is 9.80. The van der Waals surface area contributed by atoms with Gasteiger partial charge in [0.1, 0.15) is 5.75 Å². The molecule has 0 amide bonds. The van der Waals surface area contributed by atoms with Crippen molar-refractivity contribution in [3.05, 3.63) is 60.7 Å².